The minimum atomic E-state index is -0.270. The maximum Gasteiger partial charge on any atom is 0.228 e. The molecular weight excluding hydrogens is 440 g/mol. The van der Waals surface area contributed by atoms with E-state index in [1.807, 2.05) is 36.1 Å². The molecule has 2 aromatic rings. The van der Waals surface area contributed by atoms with E-state index in [2.05, 4.69) is 31.2 Å². The van der Waals surface area contributed by atoms with E-state index in [1.54, 1.807) is 16.2 Å². The Balaban J connectivity index is 1.41. The molecule has 148 valence electrons. The summed E-state index contributed by atoms with van der Waals surface area (Å²) in [5.74, 6) is -0.159. The minimum absolute atomic E-state index is 0.0139. The van der Waals surface area contributed by atoms with Crippen LogP contribution in [0, 0.1) is 12.8 Å². The molecule has 1 atom stereocenters. The van der Waals surface area contributed by atoms with Crippen molar-refractivity contribution in [2.75, 3.05) is 42.5 Å². The highest BCUT2D eigenvalue weighted by molar-refractivity contribution is 9.10. The van der Waals surface area contributed by atoms with Gasteiger partial charge in [-0.05, 0) is 41.4 Å². The smallest absolute Gasteiger partial charge is 0.228 e. The zero-order chi connectivity index (χ0) is 19.7. The third-order valence-electron chi connectivity index (χ3n) is 5.30. The lowest BCUT2D eigenvalue weighted by Crippen LogP contribution is -2.40. The van der Waals surface area contributed by atoms with Crippen LogP contribution in [0.2, 0.25) is 0 Å². The lowest BCUT2D eigenvalue weighted by molar-refractivity contribution is -0.135. The molecule has 2 aliphatic heterocycles. The lowest BCUT2D eigenvalue weighted by atomic mass is 10.1. The molecule has 0 aliphatic carbocycles. The number of anilines is 2. The predicted octanol–water partition coefficient (Wildman–Crippen LogP) is 3.31. The van der Waals surface area contributed by atoms with Crippen molar-refractivity contribution in [1.82, 2.24) is 9.88 Å². The summed E-state index contributed by atoms with van der Waals surface area (Å²) in [4.78, 5) is 36.2. The van der Waals surface area contributed by atoms with Gasteiger partial charge >= 0.3 is 0 Å². The first-order valence-corrected chi connectivity index (χ1v) is 11.2. The van der Waals surface area contributed by atoms with Crippen LogP contribution in [0.15, 0.2) is 34.1 Å². The number of para-hydroxylation sites is 1. The zero-order valence-corrected chi connectivity index (χ0v) is 18.2. The van der Waals surface area contributed by atoms with Crippen molar-refractivity contribution in [3.63, 3.8) is 0 Å². The average molecular weight is 463 g/mol. The Morgan fingerprint density at radius 3 is 2.79 bits per heavy atom. The fraction of sp³-hybridized carbons (Fsp3) is 0.450. The normalized spacial score (nSPS) is 20.6. The fourth-order valence-electron chi connectivity index (χ4n) is 3.85. The summed E-state index contributed by atoms with van der Waals surface area (Å²) in [6, 6.07) is 7.66. The van der Waals surface area contributed by atoms with Crippen molar-refractivity contribution in [1.29, 1.82) is 0 Å². The molecule has 2 saturated heterocycles. The fourth-order valence-corrected chi connectivity index (χ4v) is 5.21. The number of carbonyl (C=O) groups excluding carboxylic acids is 2. The van der Waals surface area contributed by atoms with Crippen LogP contribution >= 0.6 is 27.3 Å². The van der Waals surface area contributed by atoms with E-state index in [0.717, 1.165) is 47.0 Å². The van der Waals surface area contributed by atoms with Crippen LogP contribution in [-0.4, -0.2) is 54.4 Å². The molecule has 4 rings (SSSR count). The Morgan fingerprint density at radius 1 is 1.21 bits per heavy atom. The molecule has 0 bridgehead atoms. The first-order chi connectivity index (χ1) is 13.5. The third-order valence-corrected chi connectivity index (χ3v) is 6.99. The summed E-state index contributed by atoms with van der Waals surface area (Å²) in [6.07, 6.45) is 1.20. The molecule has 3 heterocycles. The van der Waals surface area contributed by atoms with Crippen LogP contribution in [0.3, 0.4) is 0 Å². The zero-order valence-electron chi connectivity index (χ0n) is 15.8. The molecule has 0 saturated carbocycles. The molecule has 28 heavy (non-hydrogen) atoms. The van der Waals surface area contributed by atoms with Crippen LogP contribution in [0.1, 0.15) is 18.5 Å². The van der Waals surface area contributed by atoms with Crippen LogP contribution in [0.25, 0.3) is 0 Å². The summed E-state index contributed by atoms with van der Waals surface area (Å²) in [7, 11) is 0. The number of hydrogen-bond acceptors (Lipinski definition) is 5. The van der Waals surface area contributed by atoms with Gasteiger partial charge in [0.15, 0.2) is 5.13 Å². The van der Waals surface area contributed by atoms with Crippen LogP contribution in [-0.2, 0) is 9.59 Å². The minimum Gasteiger partial charge on any atom is -0.346 e. The lowest BCUT2D eigenvalue weighted by Gasteiger charge is -2.24. The largest absolute Gasteiger partial charge is 0.346 e. The number of nitrogens with zero attached hydrogens (tertiary/aromatic N) is 4. The van der Waals surface area contributed by atoms with Crippen LogP contribution in [0.4, 0.5) is 10.8 Å². The van der Waals surface area contributed by atoms with Gasteiger partial charge in [-0.15, -0.1) is 11.3 Å². The van der Waals surface area contributed by atoms with Crippen molar-refractivity contribution in [3.8, 4) is 0 Å². The van der Waals surface area contributed by atoms with E-state index in [-0.39, 0.29) is 24.2 Å². The predicted molar refractivity (Wildman–Crippen MR) is 115 cm³/mol. The Kier molecular flexibility index (Phi) is 5.68. The first kappa shape index (κ1) is 19.4. The second-order valence-corrected chi connectivity index (χ2v) is 8.99. The van der Waals surface area contributed by atoms with Gasteiger partial charge in [-0.3, -0.25) is 9.59 Å². The molecule has 2 aliphatic rings. The van der Waals surface area contributed by atoms with Gasteiger partial charge in [-0.1, -0.05) is 12.1 Å². The topological polar surface area (TPSA) is 56.8 Å². The van der Waals surface area contributed by atoms with Gasteiger partial charge in [0, 0.05) is 49.0 Å². The molecule has 1 aromatic carbocycles. The Hall–Kier alpha value is -1.93. The van der Waals surface area contributed by atoms with Crippen molar-refractivity contribution >= 4 is 49.9 Å². The summed E-state index contributed by atoms with van der Waals surface area (Å²) < 4.78 is 0.876. The van der Waals surface area contributed by atoms with E-state index >= 15 is 0 Å². The van der Waals surface area contributed by atoms with Gasteiger partial charge in [0.2, 0.25) is 11.8 Å². The van der Waals surface area contributed by atoms with E-state index < -0.39 is 0 Å². The van der Waals surface area contributed by atoms with Crippen LogP contribution in [0.5, 0.6) is 0 Å². The van der Waals surface area contributed by atoms with Gasteiger partial charge in [0.05, 0.1) is 17.3 Å². The number of rotatable bonds is 3. The second-order valence-electron chi connectivity index (χ2n) is 7.29. The number of halogens is 1. The van der Waals surface area contributed by atoms with Gasteiger partial charge in [-0.25, -0.2) is 4.98 Å². The quantitative estimate of drug-likeness (QED) is 0.701. The molecule has 8 heteroatoms. The van der Waals surface area contributed by atoms with Crippen molar-refractivity contribution in [2.24, 2.45) is 5.92 Å². The Morgan fingerprint density at radius 2 is 2.04 bits per heavy atom. The van der Waals surface area contributed by atoms with Gasteiger partial charge < -0.3 is 14.7 Å². The highest BCUT2D eigenvalue weighted by Gasteiger charge is 2.38. The summed E-state index contributed by atoms with van der Waals surface area (Å²) in [5, 5.41) is 3.09. The molecule has 0 spiro atoms. The molecule has 2 amide bonds. The molecule has 0 unspecified atom stereocenters. The number of carbonyl (C=O) groups is 2. The maximum atomic E-state index is 13.1. The Bertz CT molecular complexity index is 887. The molecule has 6 nitrogen and oxygen atoms in total. The number of thiazole rings is 1. The number of aromatic nitrogens is 1. The van der Waals surface area contributed by atoms with E-state index in [9.17, 15) is 9.59 Å². The number of hydrogen-bond donors (Lipinski definition) is 0. The summed E-state index contributed by atoms with van der Waals surface area (Å²) >= 11 is 5.16. The summed E-state index contributed by atoms with van der Waals surface area (Å²) in [6.45, 7) is 5.56. The Labute approximate surface area is 177 Å². The highest BCUT2D eigenvalue weighted by Crippen LogP contribution is 2.32. The molecule has 0 N–H and O–H groups in total. The third kappa shape index (κ3) is 3.93. The van der Waals surface area contributed by atoms with Crippen molar-refractivity contribution in [2.45, 2.75) is 19.8 Å². The van der Waals surface area contributed by atoms with Crippen molar-refractivity contribution in [3.05, 3.63) is 39.8 Å². The number of benzene rings is 1. The molecule has 1 aromatic heterocycles. The van der Waals surface area contributed by atoms with Crippen LogP contribution < -0.4 is 9.80 Å². The van der Waals surface area contributed by atoms with Crippen molar-refractivity contribution < 1.29 is 9.59 Å². The van der Waals surface area contributed by atoms with Gasteiger partial charge in [0.1, 0.15) is 0 Å². The second kappa shape index (κ2) is 8.21. The van der Waals surface area contributed by atoms with Gasteiger partial charge in [-0.2, -0.15) is 0 Å². The van der Waals surface area contributed by atoms with E-state index in [1.165, 1.54) is 0 Å². The SMILES string of the molecule is Cc1csc(N2CCCN(C(=O)[C@@H]3CC(=O)N(c4ccccc4Br)C3)CC2)n1. The van der Waals surface area contributed by atoms with E-state index in [0.29, 0.717) is 13.1 Å². The molecule has 0 radical (unpaired) electrons. The van der Waals surface area contributed by atoms with E-state index in [4.69, 9.17) is 0 Å². The number of amides is 2. The summed E-state index contributed by atoms with van der Waals surface area (Å²) in [5.41, 5.74) is 1.87. The first-order valence-electron chi connectivity index (χ1n) is 9.53. The number of aryl methyl sites for hydroxylation is 1. The monoisotopic (exact) mass is 462 g/mol. The maximum absolute atomic E-state index is 13.1. The molecular formula is C20H23BrN4O2S. The standard InChI is InChI=1S/C20H23BrN4O2S/c1-14-13-28-20(22-14)24-8-4-7-23(9-10-24)19(27)15-11-18(26)25(12-15)17-6-3-2-5-16(17)21/h2-3,5-6,13,15H,4,7-12H2,1H3/t15-/m1/s1. The average Bonchev–Trinajstić information content (AvgIpc) is 3.19. The highest BCUT2D eigenvalue weighted by atomic mass is 79.9. The molecule has 2 fully saturated rings. The van der Waals surface area contributed by atoms with Gasteiger partial charge in [0.25, 0.3) is 0 Å².